The van der Waals surface area contributed by atoms with Crippen LogP contribution in [-0.2, 0) is 4.79 Å². The summed E-state index contributed by atoms with van der Waals surface area (Å²) >= 11 is 5.75. The molecule has 6 nitrogen and oxygen atoms in total. The molecule has 0 saturated heterocycles. The summed E-state index contributed by atoms with van der Waals surface area (Å²) in [7, 11) is 1.46. The van der Waals surface area contributed by atoms with Gasteiger partial charge in [-0.15, -0.1) is 0 Å². The van der Waals surface area contributed by atoms with E-state index in [0.717, 1.165) is 0 Å². The van der Waals surface area contributed by atoms with Crippen molar-refractivity contribution >= 4 is 23.5 Å². The summed E-state index contributed by atoms with van der Waals surface area (Å²) in [5, 5.41) is 2.76. The van der Waals surface area contributed by atoms with E-state index in [2.05, 4.69) is 15.3 Å². The minimum atomic E-state index is -0.261. The van der Waals surface area contributed by atoms with E-state index in [9.17, 15) is 4.79 Å². The van der Waals surface area contributed by atoms with Crippen LogP contribution in [0.15, 0.2) is 6.07 Å². The largest absolute Gasteiger partial charge is 0.481 e. The molecule has 0 aliphatic heterocycles. The van der Waals surface area contributed by atoms with Gasteiger partial charge >= 0.3 is 0 Å². The number of nitrogens with two attached hydrogens (primary N) is 1. The van der Waals surface area contributed by atoms with Gasteiger partial charge in [0.25, 0.3) is 0 Å². The van der Waals surface area contributed by atoms with Crippen molar-refractivity contribution in [3.63, 3.8) is 0 Å². The molecule has 1 atom stereocenters. The van der Waals surface area contributed by atoms with Crippen LogP contribution in [0.4, 0.5) is 5.95 Å². The number of rotatable bonds is 5. The number of aromatic nitrogens is 2. The molecule has 0 saturated carbocycles. The van der Waals surface area contributed by atoms with E-state index >= 15 is 0 Å². The Morgan fingerprint density at radius 3 is 2.88 bits per heavy atom. The van der Waals surface area contributed by atoms with Crippen LogP contribution >= 0.6 is 11.6 Å². The highest BCUT2D eigenvalue weighted by Crippen LogP contribution is 2.16. The molecule has 0 aromatic carbocycles. The molecule has 94 valence electrons. The molecule has 7 heteroatoms. The van der Waals surface area contributed by atoms with Crippen LogP contribution in [0.5, 0.6) is 5.88 Å². The summed E-state index contributed by atoms with van der Waals surface area (Å²) < 4.78 is 4.92. The topological polar surface area (TPSA) is 90.1 Å². The van der Waals surface area contributed by atoms with Crippen LogP contribution in [0.3, 0.4) is 0 Å². The highest BCUT2D eigenvalue weighted by molar-refractivity contribution is 6.29. The minimum Gasteiger partial charge on any atom is -0.481 e. The van der Waals surface area contributed by atoms with Crippen LogP contribution in [0.25, 0.3) is 0 Å². The van der Waals surface area contributed by atoms with Gasteiger partial charge in [-0.1, -0.05) is 18.5 Å². The molecule has 1 rings (SSSR count). The lowest BCUT2D eigenvalue weighted by molar-refractivity contribution is -0.119. The first-order chi connectivity index (χ1) is 8.10. The van der Waals surface area contributed by atoms with Crippen molar-refractivity contribution < 1.29 is 9.53 Å². The molecule has 17 heavy (non-hydrogen) atoms. The second-order valence-corrected chi connectivity index (χ2v) is 3.77. The molecule has 0 radical (unpaired) electrons. The maximum Gasteiger partial charge on any atom is 0.234 e. The highest BCUT2D eigenvalue weighted by atomic mass is 35.5. The normalized spacial score (nSPS) is 12.0. The molecule has 1 heterocycles. The van der Waals surface area contributed by atoms with Crippen LogP contribution in [0.2, 0.25) is 5.15 Å². The SMILES string of the molecule is CCC(CN)C(=O)Nc1nc(Cl)cc(OC)n1. The molecule has 1 aromatic heterocycles. The number of ether oxygens (including phenoxy) is 1. The van der Waals surface area contributed by atoms with Gasteiger partial charge < -0.3 is 10.5 Å². The second kappa shape index (κ2) is 6.36. The summed E-state index contributed by atoms with van der Waals surface area (Å²) in [6, 6.07) is 1.46. The Balaban J connectivity index is 2.80. The lowest BCUT2D eigenvalue weighted by atomic mass is 10.1. The van der Waals surface area contributed by atoms with Gasteiger partial charge in [-0.05, 0) is 6.42 Å². The number of carbonyl (C=O) groups is 1. The Morgan fingerprint density at radius 2 is 2.35 bits per heavy atom. The highest BCUT2D eigenvalue weighted by Gasteiger charge is 2.16. The zero-order valence-electron chi connectivity index (χ0n) is 9.74. The molecular formula is C10H15ClN4O2. The van der Waals surface area contributed by atoms with Crippen molar-refractivity contribution in [2.75, 3.05) is 19.0 Å². The van der Waals surface area contributed by atoms with Gasteiger partial charge in [-0.25, -0.2) is 4.98 Å². The van der Waals surface area contributed by atoms with Crippen LogP contribution in [0.1, 0.15) is 13.3 Å². The van der Waals surface area contributed by atoms with Crippen LogP contribution in [0, 0.1) is 5.92 Å². The summed E-state index contributed by atoms with van der Waals surface area (Å²) in [4.78, 5) is 19.6. The average Bonchev–Trinajstić information content (AvgIpc) is 2.29. The van der Waals surface area contributed by atoms with Gasteiger partial charge in [-0.2, -0.15) is 4.98 Å². The molecule has 0 aliphatic carbocycles. The first-order valence-corrected chi connectivity index (χ1v) is 5.58. The Morgan fingerprint density at radius 1 is 1.65 bits per heavy atom. The Labute approximate surface area is 105 Å². The third-order valence-electron chi connectivity index (χ3n) is 2.26. The maximum absolute atomic E-state index is 11.7. The molecule has 1 unspecified atom stereocenters. The predicted molar refractivity (Wildman–Crippen MR) is 65.1 cm³/mol. The maximum atomic E-state index is 11.7. The predicted octanol–water partition coefficient (Wildman–Crippen LogP) is 1.06. The van der Waals surface area contributed by atoms with Crippen LogP contribution in [-0.4, -0.2) is 29.5 Å². The van der Waals surface area contributed by atoms with Gasteiger partial charge in [0, 0.05) is 12.6 Å². The van der Waals surface area contributed by atoms with Crippen molar-refractivity contribution in [3.05, 3.63) is 11.2 Å². The quantitative estimate of drug-likeness (QED) is 0.771. The molecular weight excluding hydrogens is 244 g/mol. The fraction of sp³-hybridized carbons (Fsp3) is 0.500. The molecule has 0 aliphatic rings. The molecule has 1 amide bonds. The van der Waals surface area contributed by atoms with Crippen molar-refractivity contribution in [1.29, 1.82) is 0 Å². The van der Waals surface area contributed by atoms with Crippen molar-refractivity contribution in [1.82, 2.24) is 9.97 Å². The zero-order valence-corrected chi connectivity index (χ0v) is 10.5. The van der Waals surface area contributed by atoms with Crippen molar-refractivity contribution in [2.24, 2.45) is 11.7 Å². The number of carbonyl (C=O) groups excluding carboxylic acids is 1. The minimum absolute atomic E-state index is 0.117. The number of anilines is 1. The van der Waals surface area contributed by atoms with Gasteiger partial charge in [0.15, 0.2) is 0 Å². The summed E-state index contributed by atoms with van der Waals surface area (Å²) in [5.74, 6) is -0.0738. The van der Waals surface area contributed by atoms with Gasteiger partial charge in [-0.3, -0.25) is 10.1 Å². The van der Waals surface area contributed by atoms with Gasteiger partial charge in [0.1, 0.15) is 5.15 Å². The second-order valence-electron chi connectivity index (χ2n) is 3.39. The van der Waals surface area contributed by atoms with Crippen LogP contribution < -0.4 is 15.8 Å². The van der Waals surface area contributed by atoms with E-state index in [0.29, 0.717) is 12.3 Å². The molecule has 0 fully saturated rings. The van der Waals surface area contributed by atoms with Crippen molar-refractivity contribution in [3.8, 4) is 5.88 Å². The number of hydrogen-bond acceptors (Lipinski definition) is 5. The lowest BCUT2D eigenvalue weighted by Gasteiger charge is -2.11. The monoisotopic (exact) mass is 258 g/mol. The number of nitrogens with one attached hydrogen (secondary N) is 1. The number of nitrogens with zero attached hydrogens (tertiary/aromatic N) is 2. The third-order valence-corrected chi connectivity index (χ3v) is 2.46. The molecule has 0 spiro atoms. The lowest BCUT2D eigenvalue weighted by Crippen LogP contribution is -2.29. The van der Waals surface area contributed by atoms with E-state index < -0.39 is 0 Å². The number of halogens is 1. The zero-order chi connectivity index (χ0) is 12.8. The van der Waals surface area contributed by atoms with Gasteiger partial charge in [0.05, 0.1) is 13.0 Å². The Kier molecular flexibility index (Phi) is 5.11. The van der Waals surface area contributed by atoms with E-state index in [1.54, 1.807) is 0 Å². The molecule has 1 aromatic rings. The summed E-state index contributed by atoms with van der Waals surface area (Å²) in [6.07, 6.45) is 0.653. The van der Waals surface area contributed by atoms with Gasteiger partial charge in [0.2, 0.25) is 17.7 Å². The van der Waals surface area contributed by atoms with Crippen molar-refractivity contribution in [2.45, 2.75) is 13.3 Å². The summed E-state index contributed by atoms with van der Waals surface area (Å²) in [6.45, 7) is 2.16. The Bertz CT molecular complexity index is 396. The molecule has 0 bridgehead atoms. The number of amides is 1. The number of methoxy groups -OCH3 is 1. The van der Waals surface area contributed by atoms with E-state index in [-0.39, 0.29) is 29.5 Å². The first kappa shape index (κ1) is 13.7. The smallest absolute Gasteiger partial charge is 0.234 e. The van der Waals surface area contributed by atoms with E-state index in [1.807, 2.05) is 6.92 Å². The fourth-order valence-corrected chi connectivity index (χ4v) is 1.40. The van der Waals surface area contributed by atoms with E-state index in [1.165, 1.54) is 13.2 Å². The summed E-state index contributed by atoms with van der Waals surface area (Å²) in [5.41, 5.74) is 5.47. The molecule has 3 N–H and O–H groups in total. The van der Waals surface area contributed by atoms with E-state index in [4.69, 9.17) is 22.1 Å². The average molecular weight is 259 g/mol. The standard InChI is InChI=1S/C10H15ClN4O2/c1-3-6(5-12)9(16)15-10-13-7(11)4-8(14-10)17-2/h4,6H,3,5,12H2,1-2H3,(H,13,14,15,16). The first-order valence-electron chi connectivity index (χ1n) is 5.20. The number of hydrogen-bond donors (Lipinski definition) is 2. The fourth-order valence-electron chi connectivity index (χ4n) is 1.23. The third kappa shape index (κ3) is 3.83. The Hall–Kier alpha value is -1.40.